The van der Waals surface area contributed by atoms with Gasteiger partial charge in [-0.3, -0.25) is 9.59 Å². The number of aromatic nitrogens is 3. The van der Waals surface area contributed by atoms with Crippen LogP contribution in [0.5, 0.6) is 5.75 Å². The number of piperazine rings is 1. The molecule has 176 valence electrons. The minimum absolute atomic E-state index is 0.0542. The molecule has 0 unspecified atom stereocenters. The first-order valence-electron chi connectivity index (χ1n) is 11.1. The molecule has 0 bridgehead atoms. The zero-order chi connectivity index (χ0) is 23.8. The number of rotatable bonds is 9. The lowest BCUT2D eigenvalue weighted by Gasteiger charge is -2.36. The molecule has 1 aliphatic heterocycles. The van der Waals surface area contributed by atoms with Crippen molar-refractivity contribution in [2.45, 2.75) is 45.8 Å². The number of nitriles is 1. The second kappa shape index (κ2) is 11.4. The summed E-state index contributed by atoms with van der Waals surface area (Å²) in [6.07, 6.45) is 3.53. The predicted octanol–water partition coefficient (Wildman–Crippen LogP) is 1.65. The maximum Gasteiger partial charge on any atom is 0.270 e. The minimum Gasteiger partial charge on any atom is -0.486 e. The zero-order valence-corrected chi connectivity index (χ0v) is 19.3. The SMILES string of the molecule is CC[C@@H](CO[C@H](C)CC(=O)N1CCN(c2ccc(C#N)cn2)CC1)Oc1cn[nH]c(=O)c1C. The van der Waals surface area contributed by atoms with Crippen LogP contribution in [0.2, 0.25) is 0 Å². The molecule has 0 aliphatic carbocycles. The molecule has 1 fully saturated rings. The molecular weight excluding hydrogens is 424 g/mol. The Morgan fingerprint density at radius 3 is 2.67 bits per heavy atom. The highest BCUT2D eigenvalue weighted by molar-refractivity contribution is 5.77. The van der Waals surface area contributed by atoms with Crippen molar-refractivity contribution in [3.8, 4) is 11.8 Å². The van der Waals surface area contributed by atoms with Crippen LogP contribution in [0.25, 0.3) is 0 Å². The number of carbonyl (C=O) groups excluding carboxylic acids is 1. The molecule has 33 heavy (non-hydrogen) atoms. The number of amides is 1. The zero-order valence-electron chi connectivity index (χ0n) is 19.3. The lowest BCUT2D eigenvalue weighted by Crippen LogP contribution is -2.49. The first kappa shape index (κ1) is 24.2. The van der Waals surface area contributed by atoms with E-state index in [1.54, 1.807) is 19.2 Å². The quantitative estimate of drug-likeness (QED) is 0.606. The highest BCUT2D eigenvalue weighted by Gasteiger charge is 2.24. The van der Waals surface area contributed by atoms with Gasteiger partial charge in [0.1, 0.15) is 23.7 Å². The van der Waals surface area contributed by atoms with E-state index in [4.69, 9.17) is 14.7 Å². The summed E-state index contributed by atoms with van der Waals surface area (Å²) in [5.41, 5.74) is 0.723. The van der Waals surface area contributed by atoms with Gasteiger partial charge in [0.15, 0.2) is 0 Å². The number of nitrogens with one attached hydrogen (secondary N) is 1. The van der Waals surface area contributed by atoms with Crippen LogP contribution in [0.15, 0.2) is 29.3 Å². The summed E-state index contributed by atoms with van der Waals surface area (Å²) in [5, 5.41) is 15.0. The van der Waals surface area contributed by atoms with Gasteiger partial charge < -0.3 is 19.3 Å². The van der Waals surface area contributed by atoms with Crippen LogP contribution in [-0.4, -0.2) is 71.0 Å². The van der Waals surface area contributed by atoms with Crippen LogP contribution >= 0.6 is 0 Å². The number of anilines is 1. The van der Waals surface area contributed by atoms with Crippen LogP contribution < -0.4 is 15.2 Å². The molecular formula is C23H30N6O4. The Labute approximate surface area is 193 Å². The van der Waals surface area contributed by atoms with Gasteiger partial charge in [0.05, 0.1) is 36.5 Å². The molecule has 3 heterocycles. The molecule has 2 aromatic rings. The maximum atomic E-state index is 12.7. The van der Waals surface area contributed by atoms with Crippen LogP contribution in [0.1, 0.15) is 37.8 Å². The van der Waals surface area contributed by atoms with Crippen molar-refractivity contribution in [3.63, 3.8) is 0 Å². The second-order valence-corrected chi connectivity index (χ2v) is 8.07. The molecule has 0 aromatic carbocycles. The van der Waals surface area contributed by atoms with Crippen molar-refractivity contribution in [3.05, 3.63) is 46.0 Å². The lowest BCUT2D eigenvalue weighted by atomic mass is 10.2. The van der Waals surface area contributed by atoms with Crippen LogP contribution in [0.3, 0.4) is 0 Å². The number of nitrogens with zero attached hydrogens (tertiary/aromatic N) is 5. The van der Waals surface area contributed by atoms with E-state index < -0.39 is 0 Å². The number of H-pyrrole nitrogens is 1. The van der Waals surface area contributed by atoms with Gasteiger partial charge in [-0.2, -0.15) is 10.4 Å². The third-order valence-corrected chi connectivity index (χ3v) is 5.67. The van der Waals surface area contributed by atoms with E-state index in [0.29, 0.717) is 56.1 Å². The molecule has 0 radical (unpaired) electrons. The van der Waals surface area contributed by atoms with Crippen molar-refractivity contribution in [1.82, 2.24) is 20.1 Å². The molecule has 0 spiro atoms. The topological polar surface area (TPSA) is 124 Å². The second-order valence-electron chi connectivity index (χ2n) is 8.07. The average Bonchev–Trinajstić information content (AvgIpc) is 2.84. The third kappa shape index (κ3) is 6.52. The lowest BCUT2D eigenvalue weighted by molar-refractivity contribution is -0.134. The fourth-order valence-corrected chi connectivity index (χ4v) is 3.51. The fraction of sp³-hybridized carbons (Fsp3) is 0.522. The highest BCUT2D eigenvalue weighted by atomic mass is 16.5. The summed E-state index contributed by atoms with van der Waals surface area (Å²) in [6, 6.07) is 5.65. The number of hydrogen-bond acceptors (Lipinski definition) is 8. The van der Waals surface area contributed by atoms with Crippen molar-refractivity contribution >= 4 is 11.7 Å². The summed E-state index contributed by atoms with van der Waals surface area (Å²) in [6.45, 7) is 8.46. The van der Waals surface area contributed by atoms with Gasteiger partial charge in [0.2, 0.25) is 5.91 Å². The monoisotopic (exact) mass is 454 g/mol. The summed E-state index contributed by atoms with van der Waals surface area (Å²) in [5.74, 6) is 1.31. The molecule has 0 saturated carbocycles. The summed E-state index contributed by atoms with van der Waals surface area (Å²) in [4.78, 5) is 32.7. The van der Waals surface area contributed by atoms with Gasteiger partial charge in [0, 0.05) is 32.4 Å². The molecule has 2 atom stereocenters. The van der Waals surface area contributed by atoms with Gasteiger partial charge >= 0.3 is 0 Å². The average molecular weight is 455 g/mol. The van der Waals surface area contributed by atoms with Crippen LogP contribution in [0.4, 0.5) is 5.82 Å². The number of aromatic amines is 1. The van der Waals surface area contributed by atoms with Crippen molar-refractivity contribution < 1.29 is 14.3 Å². The van der Waals surface area contributed by atoms with E-state index in [1.165, 1.54) is 6.20 Å². The van der Waals surface area contributed by atoms with Gasteiger partial charge in [0.25, 0.3) is 5.56 Å². The Balaban J connectivity index is 1.43. The van der Waals surface area contributed by atoms with E-state index in [9.17, 15) is 9.59 Å². The Hall–Kier alpha value is -3.45. The van der Waals surface area contributed by atoms with Gasteiger partial charge in [-0.25, -0.2) is 10.1 Å². The maximum absolute atomic E-state index is 12.7. The molecule has 1 aliphatic rings. The first-order chi connectivity index (χ1) is 15.9. The normalized spacial score (nSPS) is 15.6. The number of hydrogen-bond donors (Lipinski definition) is 1. The highest BCUT2D eigenvalue weighted by Crippen LogP contribution is 2.17. The Morgan fingerprint density at radius 1 is 1.27 bits per heavy atom. The van der Waals surface area contributed by atoms with Crippen LogP contribution in [-0.2, 0) is 9.53 Å². The van der Waals surface area contributed by atoms with E-state index in [-0.39, 0.29) is 30.1 Å². The first-order valence-corrected chi connectivity index (χ1v) is 11.1. The van der Waals surface area contributed by atoms with Crippen LogP contribution in [0, 0.1) is 18.3 Å². The Bertz CT molecular complexity index is 1020. The Kier molecular flexibility index (Phi) is 8.38. The molecule has 1 N–H and O–H groups in total. The van der Waals surface area contributed by atoms with Crippen molar-refractivity contribution in [2.24, 2.45) is 0 Å². The summed E-state index contributed by atoms with van der Waals surface area (Å²) in [7, 11) is 0. The number of ether oxygens (including phenoxy) is 2. The van der Waals surface area contributed by atoms with E-state index in [1.807, 2.05) is 24.8 Å². The Morgan fingerprint density at radius 2 is 2.03 bits per heavy atom. The molecule has 10 heteroatoms. The smallest absolute Gasteiger partial charge is 0.270 e. The van der Waals surface area contributed by atoms with Gasteiger partial charge in [-0.1, -0.05) is 6.92 Å². The standard InChI is InChI=1S/C23H30N6O4/c1-4-19(33-20-14-26-27-23(31)17(20)3)15-32-16(2)11-22(30)29-9-7-28(8-10-29)21-6-5-18(12-24)13-25-21/h5-6,13-14,16,19H,4,7-11,15H2,1-3H3,(H,27,31)/t16-,19+/m1/s1. The number of carbonyl (C=O) groups is 1. The molecule has 2 aromatic heterocycles. The van der Waals surface area contributed by atoms with E-state index in [0.717, 1.165) is 5.82 Å². The molecule has 1 saturated heterocycles. The van der Waals surface area contributed by atoms with Gasteiger partial charge in [-0.05, 0) is 32.4 Å². The van der Waals surface area contributed by atoms with E-state index >= 15 is 0 Å². The minimum atomic E-state index is -0.280. The molecule has 1 amide bonds. The number of pyridine rings is 1. The fourth-order valence-electron chi connectivity index (χ4n) is 3.51. The molecule has 10 nitrogen and oxygen atoms in total. The van der Waals surface area contributed by atoms with Crippen molar-refractivity contribution in [2.75, 3.05) is 37.7 Å². The molecule has 3 rings (SSSR count). The van der Waals surface area contributed by atoms with Crippen molar-refractivity contribution in [1.29, 1.82) is 5.26 Å². The predicted molar refractivity (Wildman–Crippen MR) is 122 cm³/mol. The largest absolute Gasteiger partial charge is 0.486 e. The van der Waals surface area contributed by atoms with E-state index in [2.05, 4.69) is 26.2 Å². The van der Waals surface area contributed by atoms with Gasteiger partial charge in [-0.15, -0.1) is 0 Å². The summed E-state index contributed by atoms with van der Waals surface area (Å²) >= 11 is 0. The summed E-state index contributed by atoms with van der Waals surface area (Å²) < 4.78 is 11.8. The third-order valence-electron chi connectivity index (χ3n) is 5.67.